The maximum absolute atomic E-state index is 12.2. The Balaban J connectivity index is 1.61. The van der Waals surface area contributed by atoms with Gasteiger partial charge in [0.05, 0.1) is 12.2 Å². The van der Waals surface area contributed by atoms with E-state index in [1.165, 1.54) is 0 Å². The van der Waals surface area contributed by atoms with E-state index in [0.29, 0.717) is 18.7 Å². The zero-order chi connectivity index (χ0) is 16.2. The van der Waals surface area contributed by atoms with Gasteiger partial charge in [0.2, 0.25) is 0 Å². The maximum Gasteiger partial charge on any atom is 0.251 e. The van der Waals surface area contributed by atoms with Gasteiger partial charge in [-0.25, -0.2) is 4.68 Å². The van der Waals surface area contributed by atoms with Crippen molar-refractivity contribution in [2.45, 2.75) is 26.9 Å². The van der Waals surface area contributed by atoms with E-state index in [9.17, 15) is 4.79 Å². The minimum Gasteiger partial charge on any atom is -0.361 e. The van der Waals surface area contributed by atoms with E-state index < -0.39 is 0 Å². The van der Waals surface area contributed by atoms with E-state index in [4.69, 9.17) is 4.52 Å². The van der Waals surface area contributed by atoms with Crippen LogP contribution in [0.15, 0.2) is 35.1 Å². The molecule has 2 heterocycles. The molecule has 8 heteroatoms. The van der Waals surface area contributed by atoms with Crippen molar-refractivity contribution in [2.75, 3.05) is 0 Å². The van der Waals surface area contributed by atoms with E-state index in [0.717, 1.165) is 22.6 Å². The molecule has 0 saturated carbocycles. The number of carbonyl (C=O) groups excluding carboxylic acids is 1. The molecule has 2 aromatic heterocycles. The monoisotopic (exact) mass is 312 g/mol. The number of aryl methyl sites for hydroxylation is 2. The Labute approximate surface area is 132 Å². The van der Waals surface area contributed by atoms with Gasteiger partial charge in [-0.3, -0.25) is 4.79 Å². The van der Waals surface area contributed by atoms with Crippen LogP contribution >= 0.6 is 0 Å². The summed E-state index contributed by atoms with van der Waals surface area (Å²) in [7, 11) is 0. The number of carbonyl (C=O) groups is 1. The van der Waals surface area contributed by atoms with Gasteiger partial charge in [-0.2, -0.15) is 0 Å². The van der Waals surface area contributed by atoms with Crippen LogP contribution in [0, 0.1) is 13.8 Å². The van der Waals surface area contributed by atoms with Crippen molar-refractivity contribution in [2.24, 2.45) is 0 Å². The van der Waals surface area contributed by atoms with Crippen molar-refractivity contribution in [3.8, 4) is 0 Å². The van der Waals surface area contributed by atoms with Crippen LogP contribution in [0.2, 0.25) is 0 Å². The van der Waals surface area contributed by atoms with E-state index in [-0.39, 0.29) is 5.91 Å². The Bertz CT molecular complexity index is 772. The highest BCUT2D eigenvalue weighted by Gasteiger charge is 2.11. The molecular weight excluding hydrogens is 296 g/mol. The summed E-state index contributed by atoms with van der Waals surface area (Å²) >= 11 is 0. The molecule has 0 atom stereocenters. The molecule has 0 aliphatic rings. The smallest absolute Gasteiger partial charge is 0.251 e. The summed E-state index contributed by atoms with van der Waals surface area (Å²) in [6.07, 6.45) is 1.55. The molecule has 3 aromatic rings. The zero-order valence-corrected chi connectivity index (χ0v) is 12.9. The number of aromatic nitrogens is 5. The van der Waals surface area contributed by atoms with Crippen LogP contribution in [0.4, 0.5) is 0 Å². The molecule has 0 bridgehead atoms. The average Bonchev–Trinajstić information content (AvgIpc) is 3.17. The van der Waals surface area contributed by atoms with Crippen molar-refractivity contribution in [1.29, 1.82) is 0 Å². The molecule has 0 aliphatic carbocycles. The third kappa shape index (κ3) is 3.42. The first kappa shape index (κ1) is 14.9. The van der Waals surface area contributed by atoms with Crippen molar-refractivity contribution < 1.29 is 9.32 Å². The van der Waals surface area contributed by atoms with Crippen LogP contribution in [0.1, 0.15) is 32.9 Å². The number of rotatable bonds is 5. The molecule has 0 fully saturated rings. The fraction of sp³-hybridized carbons (Fsp3) is 0.267. The zero-order valence-electron chi connectivity index (χ0n) is 12.9. The topological polar surface area (TPSA) is 98.7 Å². The van der Waals surface area contributed by atoms with Crippen LogP contribution in [0.5, 0.6) is 0 Å². The van der Waals surface area contributed by atoms with Gasteiger partial charge in [-0.1, -0.05) is 17.3 Å². The molecular formula is C15H16N6O2. The third-order valence-electron chi connectivity index (χ3n) is 3.56. The van der Waals surface area contributed by atoms with E-state index in [1.807, 2.05) is 26.0 Å². The van der Waals surface area contributed by atoms with Gasteiger partial charge in [0.15, 0.2) is 0 Å². The van der Waals surface area contributed by atoms with Crippen LogP contribution in [-0.4, -0.2) is 31.3 Å². The van der Waals surface area contributed by atoms with E-state index >= 15 is 0 Å². The molecule has 1 amide bonds. The summed E-state index contributed by atoms with van der Waals surface area (Å²) in [5.74, 6) is 0.582. The molecule has 0 saturated heterocycles. The first-order chi connectivity index (χ1) is 11.1. The molecule has 1 aromatic carbocycles. The Kier molecular flexibility index (Phi) is 4.13. The van der Waals surface area contributed by atoms with Gasteiger partial charge in [0.25, 0.3) is 5.91 Å². The SMILES string of the molecule is Cc1noc(C)c1CNC(=O)c1ccc(Cn2cnnn2)cc1. The first-order valence-electron chi connectivity index (χ1n) is 7.13. The minimum absolute atomic E-state index is 0.140. The van der Waals surface area contributed by atoms with Crippen LogP contribution in [0.3, 0.4) is 0 Å². The molecule has 3 rings (SSSR count). The quantitative estimate of drug-likeness (QED) is 0.761. The summed E-state index contributed by atoms with van der Waals surface area (Å²) in [4.78, 5) is 12.2. The predicted molar refractivity (Wildman–Crippen MR) is 80.5 cm³/mol. The third-order valence-corrected chi connectivity index (χ3v) is 3.56. The van der Waals surface area contributed by atoms with Crippen molar-refractivity contribution in [3.05, 3.63) is 58.7 Å². The largest absolute Gasteiger partial charge is 0.361 e. The molecule has 8 nitrogen and oxygen atoms in total. The summed E-state index contributed by atoms with van der Waals surface area (Å²) in [6, 6.07) is 7.32. The molecule has 0 radical (unpaired) electrons. The molecule has 23 heavy (non-hydrogen) atoms. The molecule has 0 unspecified atom stereocenters. The minimum atomic E-state index is -0.140. The predicted octanol–water partition coefficient (Wildman–Crippen LogP) is 1.26. The number of benzene rings is 1. The first-order valence-corrected chi connectivity index (χ1v) is 7.13. The van der Waals surface area contributed by atoms with Gasteiger partial charge in [-0.05, 0) is 42.0 Å². The average molecular weight is 312 g/mol. The fourth-order valence-corrected chi connectivity index (χ4v) is 2.23. The lowest BCUT2D eigenvalue weighted by Gasteiger charge is -2.06. The summed E-state index contributed by atoms with van der Waals surface area (Å²) in [6.45, 7) is 4.64. The molecule has 118 valence electrons. The normalized spacial score (nSPS) is 10.7. The Morgan fingerprint density at radius 3 is 2.65 bits per heavy atom. The maximum atomic E-state index is 12.2. The fourth-order valence-electron chi connectivity index (χ4n) is 2.23. The van der Waals surface area contributed by atoms with Crippen LogP contribution in [-0.2, 0) is 13.1 Å². The van der Waals surface area contributed by atoms with Crippen LogP contribution in [0.25, 0.3) is 0 Å². The van der Waals surface area contributed by atoms with Crippen molar-refractivity contribution in [3.63, 3.8) is 0 Å². The molecule has 1 N–H and O–H groups in total. The molecule has 0 spiro atoms. The van der Waals surface area contributed by atoms with E-state index in [1.54, 1.807) is 23.1 Å². The van der Waals surface area contributed by atoms with Gasteiger partial charge in [0, 0.05) is 17.7 Å². The lowest BCUT2D eigenvalue weighted by atomic mass is 10.1. The van der Waals surface area contributed by atoms with Gasteiger partial charge < -0.3 is 9.84 Å². The van der Waals surface area contributed by atoms with E-state index in [2.05, 4.69) is 26.0 Å². The second-order valence-electron chi connectivity index (χ2n) is 5.19. The highest BCUT2D eigenvalue weighted by atomic mass is 16.5. The summed E-state index contributed by atoms with van der Waals surface area (Å²) < 4.78 is 6.70. The lowest BCUT2D eigenvalue weighted by molar-refractivity contribution is 0.0951. The Hall–Kier alpha value is -3.03. The van der Waals surface area contributed by atoms with Gasteiger partial charge >= 0.3 is 0 Å². The Morgan fingerprint density at radius 1 is 1.26 bits per heavy atom. The second kappa shape index (κ2) is 6.39. The number of nitrogens with one attached hydrogen (secondary N) is 1. The number of nitrogens with zero attached hydrogens (tertiary/aromatic N) is 5. The van der Waals surface area contributed by atoms with Crippen molar-refractivity contribution in [1.82, 2.24) is 30.7 Å². The summed E-state index contributed by atoms with van der Waals surface area (Å²) in [5, 5.41) is 17.7. The standard InChI is InChI=1S/C15H16N6O2/c1-10-14(11(2)23-18-10)7-16-15(22)13-5-3-12(4-6-13)8-21-9-17-19-20-21/h3-6,9H,7-8H2,1-2H3,(H,16,22). The highest BCUT2D eigenvalue weighted by molar-refractivity contribution is 5.94. The number of hydrogen-bond acceptors (Lipinski definition) is 6. The number of hydrogen-bond donors (Lipinski definition) is 1. The lowest BCUT2D eigenvalue weighted by Crippen LogP contribution is -2.23. The van der Waals surface area contributed by atoms with Crippen molar-refractivity contribution >= 4 is 5.91 Å². The number of amides is 1. The molecule has 0 aliphatic heterocycles. The highest BCUT2D eigenvalue weighted by Crippen LogP contribution is 2.12. The Morgan fingerprint density at radius 2 is 2.04 bits per heavy atom. The van der Waals surface area contributed by atoms with Crippen LogP contribution < -0.4 is 5.32 Å². The number of tetrazole rings is 1. The van der Waals surface area contributed by atoms with Gasteiger partial charge in [-0.15, -0.1) is 5.10 Å². The summed E-state index contributed by atoms with van der Waals surface area (Å²) in [5.41, 5.74) is 3.31. The second-order valence-corrected chi connectivity index (χ2v) is 5.19. The van der Waals surface area contributed by atoms with Gasteiger partial charge in [0.1, 0.15) is 12.1 Å².